The number of rotatable bonds is 51. The molecule has 0 aromatic heterocycles. The van der Waals surface area contributed by atoms with Gasteiger partial charge in [0.25, 0.3) is 0 Å². The van der Waals surface area contributed by atoms with Gasteiger partial charge in [-0.25, -0.2) is 0 Å². The Morgan fingerprint density at radius 2 is 0.703 bits per heavy atom. The van der Waals surface area contributed by atoms with E-state index in [1.807, 2.05) is 0 Å². The number of allylic oxidation sites excluding steroid dienone is 10. The van der Waals surface area contributed by atoms with Crippen LogP contribution >= 0.6 is 0 Å². The van der Waals surface area contributed by atoms with E-state index in [2.05, 4.69) is 81.5 Å². The first-order chi connectivity index (χ1) is 31.6. The third-order valence-electron chi connectivity index (χ3n) is 12.0. The Labute approximate surface area is 398 Å². The van der Waals surface area contributed by atoms with Crippen LogP contribution in [0, 0.1) is 0 Å². The highest BCUT2D eigenvalue weighted by Crippen LogP contribution is 2.16. The van der Waals surface area contributed by atoms with E-state index in [0.717, 1.165) is 83.5 Å². The minimum atomic E-state index is -0.556. The van der Waals surface area contributed by atoms with Crippen LogP contribution in [0.1, 0.15) is 278 Å². The Morgan fingerprint density at radius 3 is 1.17 bits per heavy atom. The molecule has 1 atom stereocenters. The van der Waals surface area contributed by atoms with Gasteiger partial charge in [-0.15, -0.1) is 0 Å². The lowest BCUT2D eigenvalue weighted by Gasteiger charge is -2.18. The summed E-state index contributed by atoms with van der Waals surface area (Å²) < 4.78 is 17.4. The number of hydrogen-bond acceptors (Lipinski definition) is 5. The first-order valence-corrected chi connectivity index (χ1v) is 27.8. The van der Waals surface area contributed by atoms with Crippen LogP contribution in [0.2, 0.25) is 0 Å². The zero-order valence-corrected chi connectivity index (χ0v) is 42.8. The van der Waals surface area contributed by atoms with Crippen molar-refractivity contribution in [3.63, 3.8) is 0 Å². The lowest BCUT2D eigenvalue weighted by molar-refractivity contribution is -0.163. The summed E-state index contributed by atoms with van der Waals surface area (Å²) in [5, 5.41) is 0. The van der Waals surface area contributed by atoms with Gasteiger partial charge in [-0.2, -0.15) is 0 Å². The van der Waals surface area contributed by atoms with Gasteiger partial charge in [0.15, 0.2) is 6.10 Å². The molecular weight excluding hydrogens is 789 g/mol. The minimum Gasteiger partial charge on any atom is -0.462 e. The van der Waals surface area contributed by atoms with Crippen molar-refractivity contribution in [2.24, 2.45) is 0 Å². The van der Waals surface area contributed by atoms with E-state index < -0.39 is 6.10 Å². The van der Waals surface area contributed by atoms with Crippen LogP contribution in [0.3, 0.4) is 0 Å². The van der Waals surface area contributed by atoms with E-state index >= 15 is 0 Å². The van der Waals surface area contributed by atoms with Crippen molar-refractivity contribution in [2.75, 3.05) is 19.8 Å². The van der Waals surface area contributed by atoms with Gasteiger partial charge in [0, 0.05) is 19.4 Å². The molecule has 0 amide bonds. The largest absolute Gasteiger partial charge is 0.462 e. The van der Waals surface area contributed by atoms with Crippen molar-refractivity contribution in [1.29, 1.82) is 0 Å². The molecule has 0 N–H and O–H groups in total. The van der Waals surface area contributed by atoms with Gasteiger partial charge >= 0.3 is 11.9 Å². The van der Waals surface area contributed by atoms with E-state index in [1.54, 1.807) is 0 Å². The summed E-state index contributed by atoms with van der Waals surface area (Å²) in [5.74, 6) is -0.444. The van der Waals surface area contributed by atoms with E-state index in [4.69, 9.17) is 14.2 Å². The Hall–Kier alpha value is -2.40. The van der Waals surface area contributed by atoms with Crippen molar-refractivity contribution >= 4 is 11.9 Å². The molecule has 0 aromatic carbocycles. The fourth-order valence-electron chi connectivity index (χ4n) is 7.91. The molecule has 0 radical (unpaired) electrons. The molecule has 0 bridgehead atoms. The van der Waals surface area contributed by atoms with Crippen molar-refractivity contribution in [2.45, 2.75) is 284 Å². The lowest BCUT2D eigenvalue weighted by Crippen LogP contribution is -2.30. The number of hydrogen-bond donors (Lipinski definition) is 0. The second kappa shape index (κ2) is 54.9. The number of carbonyl (C=O) groups excluding carboxylic acids is 2. The molecular formula is C59H106O5. The predicted molar refractivity (Wildman–Crippen MR) is 279 cm³/mol. The van der Waals surface area contributed by atoms with Crippen molar-refractivity contribution in [3.05, 3.63) is 60.8 Å². The van der Waals surface area contributed by atoms with Crippen molar-refractivity contribution in [1.82, 2.24) is 0 Å². The average Bonchev–Trinajstić information content (AvgIpc) is 3.30. The molecule has 0 heterocycles. The van der Waals surface area contributed by atoms with Gasteiger partial charge in [0.1, 0.15) is 6.61 Å². The summed E-state index contributed by atoms with van der Waals surface area (Å²) in [6.45, 7) is 7.70. The van der Waals surface area contributed by atoms with Crippen molar-refractivity contribution < 1.29 is 23.8 Å². The second-order valence-corrected chi connectivity index (χ2v) is 18.5. The molecule has 0 saturated carbocycles. The van der Waals surface area contributed by atoms with Crippen molar-refractivity contribution in [3.8, 4) is 0 Å². The highest BCUT2D eigenvalue weighted by Gasteiger charge is 2.17. The minimum absolute atomic E-state index is 0.0624. The summed E-state index contributed by atoms with van der Waals surface area (Å²) >= 11 is 0. The number of ether oxygens (including phenoxy) is 3. The standard InChI is InChI=1S/C59H106O5/c1-4-7-10-13-16-19-22-25-28-29-30-33-36-39-42-45-48-51-54-62-55-57(64-59(61)53-50-47-44-41-38-35-32-27-24-21-18-15-12-9-6-3)56-63-58(60)52-49-46-43-40-37-34-31-26-23-20-17-14-11-8-5-2/h8,11,17,20,26-27,31-32,37,40,57H,4-7,9-10,12-16,18-19,21-25,28-30,33-36,38-39,41-56H2,1-3H3/b11-8-,20-17-,31-26-,32-27-,40-37-. The molecule has 0 aliphatic heterocycles. The predicted octanol–water partition coefficient (Wildman–Crippen LogP) is 18.9. The SMILES string of the molecule is CC/C=C\C/C=C\C/C=C\C/C=C\CCCCC(=O)OCC(COCCCCCCCCCCCCCCCCCCCC)OC(=O)CCCCCCC/C=C\CCCCCCCC. The van der Waals surface area contributed by atoms with Crippen LogP contribution in [-0.2, 0) is 23.8 Å². The quantitative estimate of drug-likeness (QED) is 0.0346. The molecule has 372 valence electrons. The maximum absolute atomic E-state index is 12.8. The molecule has 0 aliphatic rings. The summed E-state index contributed by atoms with van der Waals surface area (Å²) in [6.07, 6.45) is 69.6. The van der Waals surface area contributed by atoms with Gasteiger partial charge in [-0.05, 0) is 83.5 Å². The molecule has 64 heavy (non-hydrogen) atoms. The van der Waals surface area contributed by atoms with Gasteiger partial charge in [-0.1, -0.05) is 242 Å². The normalized spacial score (nSPS) is 12.6. The van der Waals surface area contributed by atoms with E-state index in [9.17, 15) is 9.59 Å². The first-order valence-electron chi connectivity index (χ1n) is 27.8. The molecule has 1 unspecified atom stereocenters. The van der Waals surface area contributed by atoms with Gasteiger partial charge in [0.05, 0.1) is 6.61 Å². The smallest absolute Gasteiger partial charge is 0.306 e. The molecule has 0 aliphatic carbocycles. The monoisotopic (exact) mass is 895 g/mol. The van der Waals surface area contributed by atoms with E-state index in [-0.39, 0.29) is 25.2 Å². The Bertz CT molecular complexity index is 1100. The second-order valence-electron chi connectivity index (χ2n) is 18.5. The topological polar surface area (TPSA) is 61.8 Å². The van der Waals surface area contributed by atoms with E-state index in [0.29, 0.717) is 19.4 Å². The van der Waals surface area contributed by atoms with Crippen LogP contribution in [0.4, 0.5) is 0 Å². The Morgan fingerprint density at radius 1 is 0.359 bits per heavy atom. The fraction of sp³-hybridized carbons (Fsp3) is 0.797. The van der Waals surface area contributed by atoms with Crippen LogP contribution in [0.5, 0.6) is 0 Å². The van der Waals surface area contributed by atoms with Gasteiger partial charge < -0.3 is 14.2 Å². The van der Waals surface area contributed by atoms with Crippen LogP contribution < -0.4 is 0 Å². The van der Waals surface area contributed by atoms with E-state index in [1.165, 1.54) is 161 Å². The zero-order valence-electron chi connectivity index (χ0n) is 42.8. The number of unbranched alkanes of at least 4 members (excludes halogenated alkanes) is 30. The summed E-state index contributed by atoms with van der Waals surface area (Å²) in [5.41, 5.74) is 0. The molecule has 0 fully saturated rings. The molecule has 0 rings (SSSR count). The molecule has 5 nitrogen and oxygen atoms in total. The third-order valence-corrected chi connectivity index (χ3v) is 12.0. The van der Waals surface area contributed by atoms with Crippen LogP contribution in [0.15, 0.2) is 60.8 Å². The number of carbonyl (C=O) groups is 2. The summed E-state index contributed by atoms with van der Waals surface area (Å²) in [6, 6.07) is 0. The molecule has 0 aromatic rings. The number of esters is 2. The maximum Gasteiger partial charge on any atom is 0.306 e. The Kier molecular flexibility index (Phi) is 52.9. The molecule has 0 spiro atoms. The molecule has 0 saturated heterocycles. The lowest BCUT2D eigenvalue weighted by atomic mass is 10.0. The van der Waals surface area contributed by atoms with Crippen LogP contribution in [-0.4, -0.2) is 37.9 Å². The zero-order chi connectivity index (χ0) is 46.3. The fourth-order valence-corrected chi connectivity index (χ4v) is 7.91. The maximum atomic E-state index is 12.8. The third kappa shape index (κ3) is 52.2. The Balaban J connectivity index is 4.30. The highest BCUT2D eigenvalue weighted by atomic mass is 16.6. The summed E-state index contributed by atoms with van der Waals surface area (Å²) in [4.78, 5) is 25.4. The van der Waals surface area contributed by atoms with Gasteiger partial charge in [-0.3, -0.25) is 9.59 Å². The van der Waals surface area contributed by atoms with Gasteiger partial charge in [0.2, 0.25) is 0 Å². The summed E-state index contributed by atoms with van der Waals surface area (Å²) in [7, 11) is 0. The van der Waals surface area contributed by atoms with Crippen LogP contribution in [0.25, 0.3) is 0 Å². The first kappa shape index (κ1) is 61.6. The molecule has 5 heteroatoms. The average molecular weight is 895 g/mol. The highest BCUT2D eigenvalue weighted by molar-refractivity contribution is 5.70.